The number of aromatic carboxylic acids is 1. The van der Waals surface area contributed by atoms with Gasteiger partial charge in [0, 0.05) is 31.6 Å². The molecular formula is C18H20N2O6. The molecule has 2 aromatic rings. The lowest BCUT2D eigenvalue weighted by Crippen LogP contribution is -2.46. The molecule has 0 bridgehead atoms. The van der Waals surface area contributed by atoms with Gasteiger partial charge in [-0.25, -0.2) is 4.79 Å². The highest BCUT2D eigenvalue weighted by atomic mass is 16.4. The third-order valence-electron chi connectivity index (χ3n) is 4.43. The summed E-state index contributed by atoms with van der Waals surface area (Å²) < 4.78 is 10.5. The van der Waals surface area contributed by atoms with Crippen LogP contribution in [0.1, 0.15) is 57.0 Å². The second kappa shape index (κ2) is 7.47. The third-order valence-corrected chi connectivity index (χ3v) is 4.43. The molecule has 3 rings (SSSR count). The van der Waals surface area contributed by atoms with Crippen molar-refractivity contribution in [2.45, 2.75) is 32.2 Å². The van der Waals surface area contributed by atoms with Crippen molar-refractivity contribution in [1.29, 1.82) is 0 Å². The van der Waals surface area contributed by atoms with Crippen LogP contribution in [0, 0.1) is 0 Å². The van der Waals surface area contributed by atoms with E-state index in [9.17, 15) is 14.4 Å². The van der Waals surface area contributed by atoms with Crippen molar-refractivity contribution in [3.63, 3.8) is 0 Å². The van der Waals surface area contributed by atoms with Gasteiger partial charge in [0.2, 0.25) is 0 Å². The second-order valence-electron chi connectivity index (χ2n) is 6.12. The number of likely N-dealkylation sites (tertiary alicyclic amines) is 1. The van der Waals surface area contributed by atoms with Crippen LogP contribution in [-0.2, 0) is 6.42 Å². The zero-order chi connectivity index (χ0) is 18.7. The summed E-state index contributed by atoms with van der Waals surface area (Å²) in [5.41, 5.74) is 0.0107. The number of carbonyl (C=O) groups excluding carboxylic acids is 2. The maximum absolute atomic E-state index is 12.3. The van der Waals surface area contributed by atoms with Gasteiger partial charge in [0.05, 0.1) is 6.26 Å². The van der Waals surface area contributed by atoms with Crippen LogP contribution in [0.2, 0.25) is 0 Å². The third kappa shape index (κ3) is 3.63. The molecule has 1 saturated heterocycles. The molecule has 26 heavy (non-hydrogen) atoms. The maximum atomic E-state index is 12.3. The molecule has 2 amide bonds. The molecule has 0 aromatic carbocycles. The van der Waals surface area contributed by atoms with E-state index < -0.39 is 11.9 Å². The van der Waals surface area contributed by atoms with E-state index in [1.54, 1.807) is 24.0 Å². The van der Waals surface area contributed by atoms with Gasteiger partial charge in [-0.2, -0.15) is 0 Å². The molecule has 3 heterocycles. The van der Waals surface area contributed by atoms with Crippen LogP contribution in [0.3, 0.4) is 0 Å². The molecule has 8 heteroatoms. The topological polar surface area (TPSA) is 113 Å². The van der Waals surface area contributed by atoms with Crippen LogP contribution in [0.15, 0.2) is 33.3 Å². The molecule has 0 aliphatic carbocycles. The number of aryl methyl sites for hydroxylation is 1. The Kier molecular flexibility index (Phi) is 5.11. The minimum Gasteiger partial charge on any atom is -0.478 e. The molecule has 0 atom stereocenters. The minimum atomic E-state index is -1.12. The van der Waals surface area contributed by atoms with Crippen molar-refractivity contribution in [3.05, 3.63) is 47.3 Å². The van der Waals surface area contributed by atoms with Gasteiger partial charge in [0.25, 0.3) is 11.8 Å². The van der Waals surface area contributed by atoms with Crippen LogP contribution in [0.4, 0.5) is 0 Å². The maximum Gasteiger partial charge on any atom is 0.339 e. The van der Waals surface area contributed by atoms with Crippen molar-refractivity contribution in [3.8, 4) is 0 Å². The lowest BCUT2D eigenvalue weighted by molar-refractivity contribution is 0.0661. The number of piperidine rings is 1. The van der Waals surface area contributed by atoms with E-state index in [1.807, 2.05) is 0 Å². The molecule has 2 N–H and O–H groups in total. The zero-order valence-corrected chi connectivity index (χ0v) is 14.4. The van der Waals surface area contributed by atoms with Gasteiger partial charge in [-0.15, -0.1) is 0 Å². The van der Waals surface area contributed by atoms with Gasteiger partial charge >= 0.3 is 5.97 Å². The highest BCUT2D eigenvalue weighted by molar-refractivity contribution is 5.96. The summed E-state index contributed by atoms with van der Waals surface area (Å²) >= 11 is 0. The van der Waals surface area contributed by atoms with Crippen LogP contribution < -0.4 is 5.32 Å². The van der Waals surface area contributed by atoms with Crippen LogP contribution in [-0.4, -0.2) is 46.9 Å². The van der Waals surface area contributed by atoms with E-state index in [0.717, 1.165) is 0 Å². The molecule has 1 aliphatic rings. The number of carboxylic acid groups (broad SMARTS) is 1. The fraction of sp³-hybridized carbons (Fsp3) is 0.389. The van der Waals surface area contributed by atoms with Crippen molar-refractivity contribution in [2.75, 3.05) is 13.1 Å². The summed E-state index contributed by atoms with van der Waals surface area (Å²) in [4.78, 5) is 37.4. The molecule has 0 unspecified atom stereocenters. The first-order valence-corrected chi connectivity index (χ1v) is 8.49. The molecule has 0 saturated carbocycles. The van der Waals surface area contributed by atoms with E-state index in [0.29, 0.717) is 38.1 Å². The number of nitrogens with zero attached hydrogens (tertiary/aromatic N) is 1. The van der Waals surface area contributed by atoms with Gasteiger partial charge in [-0.05, 0) is 25.0 Å². The normalized spacial score (nSPS) is 15.0. The number of rotatable bonds is 5. The fourth-order valence-corrected chi connectivity index (χ4v) is 3.02. The number of amides is 2. The second-order valence-corrected chi connectivity index (χ2v) is 6.12. The first kappa shape index (κ1) is 17.8. The Morgan fingerprint density at radius 3 is 2.54 bits per heavy atom. The van der Waals surface area contributed by atoms with Crippen molar-refractivity contribution < 1.29 is 28.3 Å². The smallest absolute Gasteiger partial charge is 0.339 e. The molecule has 8 nitrogen and oxygen atoms in total. The molecule has 1 fully saturated rings. The number of nitrogens with one attached hydrogen (secondary N) is 1. The van der Waals surface area contributed by atoms with Crippen molar-refractivity contribution in [2.24, 2.45) is 0 Å². The van der Waals surface area contributed by atoms with E-state index in [2.05, 4.69) is 5.32 Å². The van der Waals surface area contributed by atoms with E-state index in [1.165, 1.54) is 12.3 Å². The Hall–Kier alpha value is -3.03. The average Bonchev–Trinajstić information content (AvgIpc) is 3.31. The minimum absolute atomic E-state index is 0.00617. The van der Waals surface area contributed by atoms with Crippen LogP contribution in [0.5, 0.6) is 0 Å². The molecule has 1 aliphatic heterocycles. The van der Waals surface area contributed by atoms with Gasteiger partial charge in [-0.3, -0.25) is 9.59 Å². The number of hydrogen-bond donors (Lipinski definition) is 2. The quantitative estimate of drug-likeness (QED) is 0.845. The predicted octanol–water partition coefficient (Wildman–Crippen LogP) is 2.17. The predicted molar refractivity (Wildman–Crippen MR) is 90.1 cm³/mol. The van der Waals surface area contributed by atoms with Gasteiger partial charge in [0.15, 0.2) is 11.5 Å². The Morgan fingerprint density at radius 1 is 1.27 bits per heavy atom. The summed E-state index contributed by atoms with van der Waals surface area (Å²) in [5.74, 6) is -1.15. The Morgan fingerprint density at radius 2 is 2.00 bits per heavy atom. The Labute approximate surface area is 149 Å². The average molecular weight is 360 g/mol. The van der Waals surface area contributed by atoms with Gasteiger partial charge < -0.3 is 24.2 Å². The highest BCUT2D eigenvalue weighted by Crippen LogP contribution is 2.18. The standard InChI is InChI=1S/C18H20N2O6/c1-2-13-12(18(23)24)10-15(26-13)16(21)19-11-5-7-20(8-6-11)17(22)14-4-3-9-25-14/h3-4,9-11H,2,5-8H2,1H3,(H,19,21)(H,23,24). The summed E-state index contributed by atoms with van der Waals surface area (Å²) in [7, 11) is 0. The Bertz CT molecular complexity index is 800. The van der Waals surface area contributed by atoms with E-state index >= 15 is 0 Å². The van der Waals surface area contributed by atoms with Crippen LogP contribution >= 0.6 is 0 Å². The monoisotopic (exact) mass is 360 g/mol. The first-order valence-electron chi connectivity index (χ1n) is 8.49. The molecule has 0 spiro atoms. The summed E-state index contributed by atoms with van der Waals surface area (Å²) in [5, 5.41) is 12.0. The number of carbonyl (C=O) groups is 3. The Balaban J connectivity index is 1.57. The summed E-state index contributed by atoms with van der Waals surface area (Å²) in [6, 6.07) is 4.44. The van der Waals surface area contributed by atoms with Gasteiger partial charge in [0.1, 0.15) is 11.3 Å². The lowest BCUT2D eigenvalue weighted by Gasteiger charge is -2.31. The van der Waals surface area contributed by atoms with E-state index in [-0.39, 0.29) is 29.0 Å². The van der Waals surface area contributed by atoms with Crippen LogP contribution in [0.25, 0.3) is 0 Å². The lowest BCUT2D eigenvalue weighted by atomic mass is 10.0. The SMILES string of the molecule is CCc1oc(C(=O)NC2CCN(C(=O)c3ccco3)CC2)cc1C(=O)O. The largest absolute Gasteiger partial charge is 0.478 e. The molecule has 0 radical (unpaired) electrons. The number of hydrogen-bond acceptors (Lipinski definition) is 5. The molecular weight excluding hydrogens is 340 g/mol. The fourth-order valence-electron chi connectivity index (χ4n) is 3.02. The summed E-state index contributed by atoms with van der Waals surface area (Å²) in [6.45, 7) is 2.77. The van der Waals surface area contributed by atoms with Crippen molar-refractivity contribution >= 4 is 17.8 Å². The number of furan rings is 2. The molecule has 2 aromatic heterocycles. The summed E-state index contributed by atoms with van der Waals surface area (Å²) in [6.07, 6.45) is 3.05. The zero-order valence-electron chi connectivity index (χ0n) is 14.4. The first-order chi connectivity index (χ1) is 12.5. The van der Waals surface area contributed by atoms with Gasteiger partial charge in [-0.1, -0.05) is 6.92 Å². The molecule has 138 valence electrons. The van der Waals surface area contributed by atoms with E-state index in [4.69, 9.17) is 13.9 Å². The number of carboxylic acids is 1. The van der Waals surface area contributed by atoms with Crippen molar-refractivity contribution in [1.82, 2.24) is 10.2 Å². The highest BCUT2D eigenvalue weighted by Gasteiger charge is 2.27.